The quantitative estimate of drug-likeness (QED) is 0.909. The van der Waals surface area contributed by atoms with E-state index in [9.17, 15) is 4.79 Å². The first-order valence-corrected chi connectivity index (χ1v) is 6.93. The van der Waals surface area contributed by atoms with Gasteiger partial charge >= 0.3 is 6.09 Å². The van der Waals surface area contributed by atoms with Gasteiger partial charge in [0, 0.05) is 18.7 Å². The van der Waals surface area contributed by atoms with Crippen LogP contribution in [0.2, 0.25) is 0 Å². The summed E-state index contributed by atoms with van der Waals surface area (Å²) in [7, 11) is 0. The molecule has 0 atom stereocenters. The molecule has 1 aromatic heterocycles. The lowest BCUT2D eigenvalue weighted by molar-refractivity contribution is 0.0531. The maximum atomic E-state index is 12.2. The molecule has 5 heteroatoms. The third kappa shape index (κ3) is 3.80. The highest BCUT2D eigenvalue weighted by atomic mass is 16.6. The van der Waals surface area contributed by atoms with Gasteiger partial charge in [0.1, 0.15) is 11.4 Å². The lowest BCUT2D eigenvalue weighted by atomic mass is 10.2. The highest BCUT2D eigenvalue weighted by molar-refractivity contribution is 5.72. The second-order valence-corrected chi connectivity index (χ2v) is 6.00. The number of carbonyl (C=O) groups is 1. The molecule has 0 unspecified atom stereocenters. The van der Waals surface area contributed by atoms with E-state index in [0.717, 1.165) is 30.9 Å². The molecule has 1 aliphatic rings. The first-order valence-electron chi connectivity index (χ1n) is 6.93. The van der Waals surface area contributed by atoms with Crippen LogP contribution in [0.5, 0.6) is 0 Å². The molecular formula is C14H23N3O2. The summed E-state index contributed by atoms with van der Waals surface area (Å²) >= 11 is 0. The Morgan fingerprint density at radius 2 is 2.21 bits per heavy atom. The lowest BCUT2D eigenvalue weighted by Crippen LogP contribution is -2.27. The number of nitrogens with one attached hydrogen (secondary N) is 1. The van der Waals surface area contributed by atoms with Crippen molar-refractivity contribution in [1.82, 2.24) is 14.9 Å². The number of ether oxygens (including phenoxy) is 1. The molecule has 0 aliphatic heterocycles. The molecule has 5 nitrogen and oxygen atoms in total. The van der Waals surface area contributed by atoms with Gasteiger partial charge in [-0.1, -0.05) is 6.92 Å². The zero-order valence-corrected chi connectivity index (χ0v) is 12.2. The third-order valence-electron chi connectivity index (χ3n) is 2.87. The van der Waals surface area contributed by atoms with Crippen LogP contribution in [0.25, 0.3) is 0 Å². The number of hydrogen-bond donors (Lipinski definition) is 1. The fourth-order valence-corrected chi connectivity index (χ4v) is 1.87. The van der Waals surface area contributed by atoms with Crippen LogP contribution in [0.15, 0.2) is 6.20 Å². The average molecular weight is 265 g/mol. The third-order valence-corrected chi connectivity index (χ3v) is 2.87. The summed E-state index contributed by atoms with van der Waals surface area (Å²) in [4.78, 5) is 16.7. The molecule has 1 N–H and O–H groups in total. The molecule has 0 amide bonds. The van der Waals surface area contributed by atoms with Crippen molar-refractivity contribution < 1.29 is 9.53 Å². The summed E-state index contributed by atoms with van der Waals surface area (Å²) in [6.07, 6.45) is 3.69. The molecule has 2 rings (SSSR count). The molecule has 106 valence electrons. The maximum Gasteiger partial charge on any atom is 0.420 e. The molecule has 19 heavy (non-hydrogen) atoms. The number of aromatic nitrogens is 2. The van der Waals surface area contributed by atoms with Gasteiger partial charge in [-0.3, -0.25) is 0 Å². The molecule has 1 saturated carbocycles. The molecule has 0 radical (unpaired) electrons. The largest absolute Gasteiger partial charge is 0.443 e. The van der Waals surface area contributed by atoms with Crippen molar-refractivity contribution in [2.24, 2.45) is 0 Å². The Kier molecular flexibility index (Phi) is 3.94. The first kappa shape index (κ1) is 14.1. The zero-order valence-electron chi connectivity index (χ0n) is 12.2. The number of hydrogen-bond acceptors (Lipinski definition) is 4. The van der Waals surface area contributed by atoms with E-state index in [4.69, 9.17) is 4.74 Å². The van der Waals surface area contributed by atoms with Crippen LogP contribution in [0.1, 0.15) is 58.0 Å². The Bertz CT molecular complexity index is 456. The molecule has 0 bridgehead atoms. The van der Waals surface area contributed by atoms with E-state index in [2.05, 4.69) is 10.3 Å². The van der Waals surface area contributed by atoms with Crippen LogP contribution in [0.4, 0.5) is 4.79 Å². The number of imidazole rings is 1. The molecule has 1 aliphatic carbocycles. The highest BCUT2D eigenvalue weighted by Gasteiger charge is 2.32. The van der Waals surface area contributed by atoms with E-state index in [1.54, 1.807) is 10.8 Å². The SMILES string of the molecule is CCNCc1cn(C(=O)OC(C)(C)C)c(C2CC2)n1. The van der Waals surface area contributed by atoms with Gasteiger partial charge in [0.2, 0.25) is 0 Å². The normalized spacial score (nSPS) is 15.6. The van der Waals surface area contributed by atoms with E-state index in [0.29, 0.717) is 12.5 Å². The van der Waals surface area contributed by atoms with Gasteiger partial charge in [-0.25, -0.2) is 14.3 Å². The topological polar surface area (TPSA) is 56.2 Å². The van der Waals surface area contributed by atoms with Gasteiger partial charge < -0.3 is 10.1 Å². The minimum Gasteiger partial charge on any atom is -0.443 e. The zero-order chi connectivity index (χ0) is 14.0. The standard InChI is InChI=1S/C14H23N3O2/c1-5-15-8-11-9-17(12(16-11)10-6-7-10)13(18)19-14(2,3)4/h9-10,15H,5-8H2,1-4H3. The van der Waals surface area contributed by atoms with Crippen molar-refractivity contribution in [2.45, 2.75) is 58.6 Å². The Morgan fingerprint density at radius 3 is 2.74 bits per heavy atom. The summed E-state index contributed by atoms with van der Waals surface area (Å²) in [5.41, 5.74) is 0.416. The van der Waals surface area contributed by atoms with Gasteiger partial charge in [0.25, 0.3) is 0 Å². The van der Waals surface area contributed by atoms with E-state index < -0.39 is 5.60 Å². The van der Waals surface area contributed by atoms with Crippen molar-refractivity contribution in [3.8, 4) is 0 Å². The minimum absolute atomic E-state index is 0.329. The van der Waals surface area contributed by atoms with Crippen LogP contribution < -0.4 is 5.32 Å². The van der Waals surface area contributed by atoms with Gasteiger partial charge in [-0.05, 0) is 40.2 Å². The lowest BCUT2D eigenvalue weighted by Gasteiger charge is -2.20. The van der Waals surface area contributed by atoms with Gasteiger partial charge in [-0.15, -0.1) is 0 Å². The van der Waals surface area contributed by atoms with Crippen LogP contribution in [0.3, 0.4) is 0 Å². The van der Waals surface area contributed by atoms with Crippen molar-refractivity contribution in [1.29, 1.82) is 0 Å². The van der Waals surface area contributed by atoms with Crippen LogP contribution in [-0.4, -0.2) is 27.8 Å². The van der Waals surface area contributed by atoms with Crippen molar-refractivity contribution in [3.05, 3.63) is 17.7 Å². The Hall–Kier alpha value is -1.36. The number of nitrogens with zero attached hydrogens (tertiary/aromatic N) is 2. The van der Waals surface area contributed by atoms with Crippen molar-refractivity contribution in [2.75, 3.05) is 6.54 Å². The van der Waals surface area contributed by atoms with Crippen LogP contribution in [0, 0.1) is 0 Å². The predicted octanol–water partition coefficient (Wildman–Crippen LogP) is 2.65. The fourth-order valence-electron chi connectivity index (χ4n) is 1.87. The Labute approximate surface area is 114 Å². The summed E-state index contributed by atoms with van der Waals surface area (Å²) in [6.45, 7) is 9.24. The van der Waals surface area contributed by atoms with E-state index in [1.165, 1.54) is 0 Å². The van der Waals surface area contributed by atoms with Crippen LogP contribution >= 0.6 is 0 Å². The molecular weight excluding hydrogens is 242 g/mol. The van der Waals surface area contributed by atoms with E-state index in [1.807, 2.05) is 27.7 Å². The molecule has 0 saturated heterocycles. The Morgan fingerprint density at radius 1 is 1.53 bits per heavy atom. The molecule has 1 heterocycles. The van der Waals surface area contributed by atoms with Crippen LogP contribution in [-0.2, 0) is 11.3 Å². The van der Waals surface area contributed by atoms with E-state index in [-0.39, 0.29) is 6.09 Å². The summed E-state index contributed by atoms with van der Waals surface area (Å²) in [6, 6.07) is 0. The van der Waals surface area contributed by atoms with Gasteiger partial charge in [0.05, 0.1) is 5.69 Å². The molecule has 0 aromatic carbocycles. The molecule has 0 spiro atoms. The van der Waals surface area contributed by atoms with E-state index >= 15 is 0 Å². The number of rotatable bonds is 4. The second kappa shape index (κ2) is 5.33. The maximum absolute atomic E-state index is 12.2. The fraction of sp³-hybridized carbons (Fsp3) is 0.714. The highest BCUT2D eigenvalue weighted by Crippen LogP contribution is 2.39. The van der Waals surface area contributed by atoms with Crippen molar-refractivity contribution in [3.63, 3.8) is 0 Å². The molecule has 1 fully saturated rings. The monoisotopic (exact) mass is 265 g/mol. The summed E-state index contributed by atoms with van der Waals surface area (Å²) in [5, 5.41) is 3.22. The Balaban J connectivity index is 2.17. The second-order valence-electron chi connectivity index (χ2n) is 6.00. The number of carbonyl (C=O) groups excluding carboxylic acids is 1. The van der Waals surface area contributed by atoms with Gasteiger partial charge in [0.15, 0.2) is 0 Å². The van der Waals surface area contributed by atoms with Gasteiger partial charge in [-0.2, -0.15) is 0 Å². The summed E-state index contributed by atoms with van der Waals surface area (Å²) < 4.78 is 7.00. The van der Waals surface area contributed by atoms with Crippen molar-refractivity contribution >= 4 is 6.09 Å². The smallest absolute Gasteiger partial charge is 0.420 e. The molecule has 1 aromatic rings. The average Bonchev–Trinajstić information content (AvgIpc) is 3.05. The predicted molar refractivity (Wildman–Crippen MR) is 73.2 cm³/mol. The first-order chi connectivity index (χ1) is 8.90. The minimum atomic E-state index is -0.482. The summed E-state index contributed by atoms with van der Waals surface area (Å²) in [5.74, 6) is 1.27.